The Hall–Kier alpha value is -3.64. The van der Waals surface area contributed by atoms with Crippen molar-refractivity contribution in [3.05, 3.63) is 59.3 Å². The lowest BCUT2D eigenvalue weighted by Crippen LogP contribution is -2.37. The summed E-state index contributed by atoms with van der Waals surface area (Å²) in [4.78, 5) is 34.4. The van der Waals surface area contributed by atoms with Crippen LogP contribution in [0.25, 0.3) is 5.65 Å². The van der Waals surface area contributed by atoms with Gasteiger partial charge >= 0.3 is 6.18 Å². The van der Waals surface area contributed by atoms with Crippen molar-refractivity contribution in [2.45, 2.75) is 88.9 Å². The summed E-state index contributed by atoms with van der Waals surface area (Å²) in [6.07, 6.45) is 0.625. The van der Waals surface area contributed by atoms with E-state index >= 15 is 0 Å². The standard InChI is InChI=1S/C29H33F5N6O2/c1-2-17-8-12-35-21(13-17)27(42)39-26(19-5-9-28(30,31)10-6-19)22-16-40-23(37-22)14-20(15-36-40)25(18-3-4-18)38-24(41)7-11-29(32,33)34/h8,12-16,18-19,25-26H,2-7,9-11H2,1H3,(H,38,41)(H,39,42)/t25?,26-/m0/s1. The van der Waals surface area contributed by atoms with Crippen molar-refractivity contribution in [1.82, 2.24) is 30.2 Å². The van der Waals surface area contributed by atoms with Crippen LogP contribution in [0.15, 0.2) is 36.8 Å². The minimum absolute atomic E-state index is 0.0841. The molecule has 1 unspecified atom stereocenters. The third-order valence-corrected chi connectivity index (χ3v) is 8.07. The third kappa shape index (κ3) is 7.40. The van der Waals surface area contributed by atoms with Gasteiger partial charge in [0.15, 0.2) is 5.65 Å². The summed E-state index contributed by atoms with van der Waals surface area (Å²) < 4.78 is 67.3. The van der Waals surface area contributed by atoms with E-state index in [4.69, 9.17) is 4.98 Å². The van der Waals surface area contributed by atoms with Crippen molar-refractivity contribution in [3.8, 4) is 0 Å². The van der Waals surface area contributed by atoms with E-state index < -0.39 is 48.8 Å². The molecular weight excluding hydrogens is 559 g/mol. The molecule has 5 rings (SSSR count). The van der Waals surface area contributed by atoms with Crippen LogP contribution in [0.1, 0.15) is 97.7 Å². The van der Waals surface area contributed by atoms with E-state index in [0.29, 0.717) is 16.9 Å². The highest BCUT2D eigenvalue weighted by molar-refractivity contribution is 5.92. The summed E-state index contributed by atoms with van der Waals surface area (Å²) in [5.41, 5.74) is 2.62. The van der Waals surface area contributed by atoms with Gasteiger partial charge in [0.1, 0.15) is 5.69 Å². The highest BCUT2D eigenvalue weighted by Crippen LogP contribution is 2.43. The van der Waals surface area contributed by atoms with Gasteiger partial charge in [-0.15, -0.1) is 0 Å². The van der Waals surface area contributed by atoms with Crippen molar-refractivity contribution in [3.63, 3.8) is 0 Å². The number of nitrogens with one attached hydrogen (secondary N) is 2. The number of imidazole rings is 1. The molecule has 2 atom stereocenters. The second-order valence-electron chi connectivity index (χ2n) is 11.3. The van der Waals surface area contributed by atoms with Gasteiger partial charge in [0, 0.05) is 25.5 Å². The van der Waals surface area contributed by atoms with Gasteiger partial charge < -0.3 is 10.6 Å². The Balaban J connectivity index is 1.40. The minimum atomic E-state index is -4.42. The molecule has 2 amide bonds. The summed E-state index contributed by atoms with van der Waals surface area (Å²) >= 11 is 0. The molecule has 0 aliphatic heterocycles. The fourth-order valence-electron chi connectivity index (χ4n) is 5.50. The number of pyridine rings is 1. The SMILES string of the molecule is CCc1ccnc(C(=O)N[C@H](c2cn3ncc(C(NC(=O)CCC(F)(F)F)C4CC4)cc3n2)C2CCC(F)(F)CC2)c1. The minimum Gasteiger partial charge on any atom is -0.349 e. The largest absolute Gasteiger partial charge is 0.389 e. The number of aryl methyl sites for hydroxylation is 1. The lowest BCUT2D eigenvalue weighted by Gasteiger charge is -2.33. The van der Waals surface area contributed by atoms with Gasteiger partial charge in [-0.3, -0.25) is 14.6 Å². The Kier molecular flexibility index (Phi) is 8.47. The lowest BCUT2D eigenvalue weighted by atomic mass is 9.81. The van der Waals surface area contributed by atoms with Crippen LogP contribution in [0.4, 0.5) is 22.0 Å². The number of fused-ring (bicyclic) bond motifs is 1. The van der Waals surface area contributed by atoms with Crippen LogP contribution in [-0.4, -0.2) is 43.5 Å². The normalized spacial score (nSPS) is 18.9. The summed E-state index contributed by atoms with van der Waals surface area (Å²) in [6.45, 7) is 1.96. The molecule has 13 heteroatoms. The fourth-order valence-corrected chi connectivity index (χ4v) is 5.50. The van der Waals surface area contributed by atoms with Gasteiger partial charge in [-0.2, -0.15) is 18.3 Å². The van der Waals surface area contributed by atoms with Crippen molar-refractivity contribution in [2.75, 3.05) is 0 Å². The number of aromatic nitrogens is 4. The smallest absolute Gasteiger partial charge is 0.349 e. The zero-order chi connectivity index (χ0) is 30.1. The Morgan fingerprint density at radius 1 is 1.07 bits per heavy atom. The van der Waals surface area contributed by atoms with E-state index in [2.05, 4.69) is 20.7 Å². The number of alkyl halides is 5. The zero-order valence-corrected chi connectivity index (χ0v) is 23.1. The predicted molar refractivity (Wildman–Crippen MR) is 143 cm³/mol. The first-order valence-corrected chi connectivity index (χ1v) is 14.3. The molecule has 42 heavy (non-hydrogen) atoms. The molecule has 3 heterocycles. The number of nitrogens with zero attached hydrogens (tertiary/aromatic N) is 4. The molecule has 3 aromatic rings. The molecule has 0 radical (unpaired) electrons. The number of hydrogen-bond donors (Lipinski definition) is 2. The van der Waals surface area contributed by atoms with Gasteiger partial charge in [0.25, 0.3) is 5.91 Å². The quantitative estimate of drug-likeness (QED) is 0.286. The van der Waals surface area contributed by atoms with Gasteiger partial charge in [-0.05, 0) is 73.3 Å². The van der Waals surface area contributed by atoms with Gasteiger partial charge in [0.05, 0.1) is 36.6 Å². The van der Waals surface area contributed by atoms with E-state index in [1.165, 1.54) is 4.52 Å². The first kappa shape index (κ1) is 29.8. The highest BCUT2D eigenvalue weighted by Gasteiger charge is 2.40. The Bertz CT molecular complexity index is 1430. The Labute approximate surface area is 239 Å². The van der Waals surface area contributed by atoms with Crippen LogP contribution in [0.2, 0.25) is 0 Å². The zero-order valence-electron chi connectivity index (χ0n) is 23.1. The number of rotatable bonds is 10. The van der Waals surface area contributed by atoms with Crippen molar-refractivity contribution in [1.29, 1.82) is 0 Å². The summed E-state index contributed by atoms with van der Waals surface area (Å²) in [5.74, 6) is -4.08. The molecular formula is C29H33F5N6O2. The van der Waals surface area contributed by atoms with Crippen molar-refractivity contribution >= 4 is 17.5 Å². The number of halogens is 5. The molecule has 2 aliphatic carbocycles. The molecule has 2 aliphatic rings. The summed E-state index contributed by atoms with van der Waals surface area (Å²) in [7, 11) is 0. The average Bonchev–Trinajstić information content (AvgIpc) is 3.71. The van der Waals surface area contributed by atoms with E-state index in [9.17, 15) is 31.5 Å². The van der Waals surface area contributed by atoms with Crippen LogP contribution < -0.4 is 10.6 Å². The lowest BCUT2D eigenvalue weighted by molar-refractivity contribution is -0.144. The molecule has 0 bridgehead atoms. The average molecular weight is 593 g/mol. The number of carbonyl (C=O) groups excluding carboxylic acids is 2. The second kappa shape index (κ2) is 11.9. The van der Waals surface area contributed by atoms with Crippen molar-refractivity contribution < 1.29 is 31.5 Å². The molecule has 8 nitrogen and oxygen atoms in total. The number of amides is 2. The summed E-state index contributed by atoms with van der Waals surface area (Å²) in [6, 6.07) is 4.05. The highest BCUT2D eigenvalue weighted by atomic mass is 19.4. The molecule has 2 N–H and O–H groups in total. The van der Waals surface area contributed by atoms with Gasteiger partial charge in [-0.1, -0.05) is 6.92 Å². The molecule has 0 aromatic carbocycles. The fraction of sp³-hybridized carbons (Fsp3) is 0.552. The predicted octanol–water partition coefficient (Wildman–Crippen LogP) is 5.89. The summed E-state index contributed by atoms with van der Waals surface area (Å²) in [5, 5.41) is 10.1. The molecule has 2 fully saturated rings. The van der Waals surface area contributed by atoms with Gasteiger partial charge in [-0.25, -0.2) is 18.3 Å². The van der Waals surface area contributed by atoms with Gasteiger partial charge in [0.2, 0.25) is 11.8 Å². The Morgan fingerprint density at radius 2 is 1.79 bits per heavy atom. The molecule has 0 spiro atoms. The second-order valence-corrected chi connectivity index (χ2v) is 11.3. The topological polar surface area (TPSA) is 101 Å². The van der Waals surface area contributed by atoms with Crippen LogP contribution in [0, 0.1) is 11.8 Å². The van der Waals surface area contributed by atoms with E-state index in [-0.39, 0.29) is 43.2 Å². The maximum atomic E-state index is 14.0. The number of carbonyl (C=O) groups is 2. The van der Waals surface area contributed by atoms with Crippen LogP contribution >= 0.6 is 0 Å². The monoisotopic (exact) mass is 592 g/mol. The van der Waals surface area contributed by atoms with Crippen LogP contribution in [0.5, 0.6) is 0 Å². The molecule has 3 aromatic heterocycles. The number of hydrogen-bond acceptors (Lipinski definition) is 5. The van der Waals surface area contributed by atoms with Crippen molar-refractivity contribution in [2.24, 2.45) is 11.8 Å². The van der Waals surface area contributed by atoms with E-state index in [1.54, 1.807) is 30.7 Å². The maximum Gasteiger partial charge on any atom is 0.389 e. The van der Waals surface area contributed by atoms with E-state index in [0.717, 1.165) is 24.8 Å². The Morgan fingerprint density at radius 3 is 2.45 bits per heavy atom. The third-order valence-electron chi connectivity index (χ3n) is 8.07. The first-order valence-electron chi connectivity index (χ1n) is 14.3. The van der Waals surface area contributed by atoms with E-state index in [1.807, 2.05) is 13.0 Å². The molecule has 0 saturated heterocycles. The van der Waals surface area contributed by atoms with Crippen LogP contribution in [0.3, 0.4) is 0 Å². The first-order chi connectivity index (χ1) is 19.9. The molecule has 226 valence electrons. The maximum absolute atomic E-state index is 14.0. The molecule has 2 saturated carbocycles. The van der Waals surface area contributed by atoms with Crippen LogP contribution in [-0.2, 0) is 11.2 Å².